The topological polar surface area (TPSA) is 31.2 Å². The second-order valence-corrected chi connectivity index (χ2v) is 11.6. The summed E-state index contributed by atoms with van der Waals surface area (Å²) in [6, 6.07) is 48.5. The highest BCUT2D eigenvalue weighted by Crippen LogP contribution is 2.39. The second-order valence-electron chi connectivity index (χ2n) is 11.6. The monoisotopic (exact) mass is 577 g/mol. The fourth-order valence-corrected chi connectivity index (χ4v) is 6.96. The van der Waals surface area contributed by atoms with Crippen LogP contribution < -0.4 is 0 Å². The zero-order chi connectivity index (χ0) is 31.2. The maximum atomic E-state index is 8.22. The van der Waals surface area contributed by atoms with Gasteiger partial charge in [0.2, 0.25) is 0 Å². The third-order valence-electron chi connectivity index (χ3n) is 9.05. The Morgan fingerprint density at radius 2 is 0.867 bits per heavy atom. The lowest BCUT2D eigenvalue weighted by atomic mass is 9.96. The molecule has 0 aliphatic rings. The molecular weight excluding hydrogens is 550 g/mol. The summed E-state index contributed by atoms with van der Waals surface area (Å²) in [5.41, 5.74) is 10.8. The molecule has 10 aromatic rings. The molecule has 3 aromatic heterocycles. The van der Waals surface area contributed by atoms with Crippen molar-refractivity contribution >= 4 is 65.7 Å². The van der Waals surface area contributed by atoms with Gasteiger partial charge in [0.25, 0.3) is 0 Å². The number of benzene rings is 7. The number of rotatable bonds is 3. The molecule has 0 spiro atoms. The molecule has 0 aliphatic carbocycles. The number of nitrogens with zero attached hydrogens (tertiary/aromatic N) is 1. The number of hydrogen-bond donors (Lipinski definition) is 0. The fourth-order valence-electron chi connectivity index (χ4n) is 6.96. The molecule has 0 radical (unpaired) electrons. The van der Waals surface area contributed by atoms with Gasteiger partial charge in [-0.05, 0) is 89.0 Å². The minimum atomic E-state index is 0.459. The van der Waals surface area contributed by atoms with E-state index in [9.17, 15) is 0 Å². The van der Waals surface area contributed by atoms with Gasteiger partial charge in [-0.15, -0.1) is 0 Å². The molecule has 45 heavy (non-hydrogen) atoms. The summed E-state index contributed by atoms with van der Waals surface area (Å²) in [4.78, 5) is 0. The highest BCUT2D eigenvalue weighted by atomic mass is 16.3. The van der Waals surface area contributed by atoms with E-state index < -0.39 is 0 Å². The summed E-state index contributed by atoms with van der Waals surface area (Å²) in [6.07, 6.45) is 0. The van der Waals surface area contributed by atoms with Gasteiger partial charge in [0.05, 0.1) is 13.8 Å². The highest BCUT2D eigenvalue weighted by Gasteiger charge is 2.16. The molecule has 3 heteroatoms. The molecule has 0 saturated carbocycles. The van der Waals surface area contributed by atoms with Crippen molar-refractivity contribution < 1.29 is 11.6 Å². The van der Waals surface area contributed by atoms with Gasteiger partial charge in [-0.2, -0.15) is 0 Å². The van der Waals surface area contributed by atoms with Crippen LogP contribution >= 0.6 is 0 Å². The Labute approximate surface area is 261 Å². The van der Waals surface area contributed by atoms with Crippen molar-refractivity contribution in [2.24, 2.45) is 0 Å². The maximum absolute atomic E-state index is 8.22. The van der Waals surface area contributed by atoms with Crippen LogP contribution in [0.1, 0.15) is 2.74 Å². The van der Waals surface area contributed by atoms with Gasteiger partial charge in [-0.1, -0.05) is 84.9 Å². The number of para-hydroxylation sites is 4. The van der Waals surface area contributed by atoms with E-state index in [4.69, 9.17) is 11.6 Å². The van der Waals surface area contributed by atoms with Crippen LogP contribution in [0.15, 0.2) is 160 Å². The molecule has 0 aliphatic heterocycles. The molecule has 3 heterocycles. The molecule has 3 nitrogen and oxygen atoms in total. The third kappa shape index (κ3) is 3.65. The molecular formula is C42H25NO2. The van der Waals surface area contributed by atoms with Crippen LogP contribution in [-0.2, 0) is 0 Å². The van der Waals surface area contributed by atoms with Gasteiger partial charge in [0, 0.05) is 38.0 Å². The lowest BCUT2D eigenvalue weighted by Crippen LogP contribution is -1.96. The van der Waals surface area contributed by atoms with Crippen molar-refractivity contribution in [2.75, 3.05) is 0 Å². The zero-order valence-corrected chi connectivity index (χ0v) is 24.0. The normalized spacial score (nSPS) is 12.6. The second kappa shape index (κ2) is 9.22. The lowest BCUT2D eigenvalue weighted by molar-refractivity contribution is 0.668. The SMILES string of the molecule is [2H]c1ccc2oc3ccc(-c4cc(-c5ccc6oc7ccc([2H])cc7c6c5)cc(-n5c6ccccc6c6ccccc65)c4)cc3c2c1. The maximum Gasteiger partial charge on any atom is 0.135 e. The van der Waals surface area contributed by atoms with Gasteiger partial charge < -0.3 is 13.4 Å². The molecule has 210 valence electrons. The minimum absolute atomic E-state index is 0.459. The molecule has 0 unspecified atom stereocenters. The summed E-state index contributed by atoms with van der Waals surface area (Å²) in [5.74, 6) is 0. The van der Waals surface area contributed by atoms with Gasteiger partial charge in [0.1, 0.15) is 22.3 Å². The largest absolute Gasteiger partial charge is 0.456 e. The van der Waals surface area contributed by atoms with Crippen molar-refractivity contribution in [3.63, 3.8) is 0 Å². The van der Waals surface area contributed by atoms with E-state index in [2.05, 4.69) is 95.6 Å². The van der Waals surface area contributed by atoms with Crippen LogP contribution in [0.2, 0.25) is 0 Å². The fraction of sp³-hybridized carbons (Fsp3) is 0. The van der Waals surface area contributed by atoms with Crippen LogP contribution in [-0.4, -0.2) is 4.57 Å². The van der Waals surface area contributed by atoms with Crippen LogP contribution in [0.3, 0.4) is 0 Å². The van der Waals surface area contributed by atoms with Crippen molar-refractivity contribution in [1.29, 1.82) is 0 Å². The van der Waals surface area contributed by atoms with E-state index in [1.54, 1.807) is 12.1 Å². The smallest absolute Gasteiger partial charge is 0.135 e. The predicted molar refractivity (Wildman–Crippen MR) is 186 cm³/mol. The van der Waals surface area contributed by atoms with E-state index >= 15 is 0 Å². The number of aromatic nitrogens is 1. The number of hydrogen-bond acceptors (Lipinski definition) is 2. The Balaban J connectivity index is 1.26. The Kier molecular flexibility index (Phi) is 4.60. The van der Waals surface area contributed by atoms with Gasteiger partial charge in [0.15, 0.2) is 0 Å². The van der Waals surface area contributed by atoms with Crippen molar-refractivity contribution in [3.8, 4) is 27.9 Å². The van der Waals surface area contributed by atoms with Crippen molar-refractivity contribution in [2.45, 2.75) is 0 Å². The Morgan fingerprint density at radius 1 is 0.378 bits per heavy atom. The van der Waals surface area contributed by atoms with Gasteiger partial charge in [-0.3, -0.25) is 0 Å². The quantitative estimate of drug-likeness (QED) is 0.209. The summed E-state index contributed by atoms with van der Waals surface area (Å²) in [5, 5.41) is 6.30. The van der Waals surface area contributed by atoms with Gasteiger partial charge in [-0.25, -0.2) is 0 Å². The molecule has 0 N–H and O–H groups in total. The first-order valence-electron chi connectivity index (χ1n) is 16.1. The van der Waals surface area contributed by atoms with E-state index in [0.717, 1.165) is 82.9 Å². The third-order valence-corrected chi connectivity index (χ3v) is 9.05. The first-order valence-corrected chi connectivity index (χ1v) is 15.1. The van der Waals surface area contributed by atoms with Crippen LogP contribution in [0.5, 0.6) is 0 Å². The Hall–Kier alpha value is -6.06. The predicted octanol–water partition coefficient (Wildman–Crippen LogP) is 11.9. The molecule has 0 atom stereocenters. The lowest BCUT2D eigenvalue weighted by Gasteiger charge is -2.14. The highest BCUT2D eigenvalue weighted by molar-refractivity contribution is 6.10. The van der Waals surface area contributed by atoms with E-state index in [-0.39, 0.29) is 0 Å². The summed E-state index contributed by atoms with van der Waals surface area (Å²) in [7, 11) is 0. The Bertz CT molecular complexity index is 2700. The Morgan fingerprint density at radius 3 is 1.40 bits per heavy atom. The van der Waals surface area contributed by atoms with Crippen LogP contribution in [0.4, 0.5) is 0 Å². The van der Waals surface area contributed by atoms with E-state index in [1.807, 2.05) is 36.4 Å². The average molecular weight is 578 g/mol. The molecule has 0 saturated heterocycles. The molecule has 0 bridgehead atoms. The summed E-state index contributed by atoms with van der Waals surface area (Å²) < 4.78 is 31.1. The summed E-state index contributed by atoms with van der Waals surface area (Å²) >= 11 is 0. The van der Waals surface area contributed by atoms with Crippen LogP contribution in [0.25, 0.3) is 93.6 Å². The first kappa shape index (κ1) is 22.5. The standard InChI is InChI=1S/C42H25NO2/c1-5-13-37-31(9-1)32-10-2-6-14-38(32)43(37)30-22-28(26-17-19-41-35(24-26)33-11-3-7-15-39(33)44-41)21-29(23-30)27-18-20-42-36(25-27)34-12-4-8-16-40(34)45-42/h1-25H/i3D,4D. The van der Waals surface area contributed by atoms with Gasteiger partial charge >= 0.3 is 0 Å². The average Bonchev–Trinajstić information content (AvgIpc) is 3.76. The minimum Gasteiger partial charge on any atom is -0.456 e. The zero-order valence-electron chi connectivity index (χ0n) is 26.0. The van der Waals surface area contributed by atoms with Crippen LogP contribution in [0, 0.1) is 0 Å². The van der Waals surface area contributed by atoms with Crippen molar-refractivity contribution in [1.82, 2.24) is 4.57 Å². The first-order chi connectivity index (χ1) is 23.1. The van der Waals surface area contributed by atoms with E-state index in [1.165, 1.54) is 10.8 Å². The number of furan rings is 2. The molecule has 7 aromatic carbocycles. The van der Waals surface area contributed by atoms with Crippen molar-refractivity contribution in [3.05, 3.63) is 152 Å². The molecule has 10 rings (SSSR count). The summed E-state index contributed by atoms with van der Waals surface area (Å²) in [6.45, 7) is 0. The molecule has 0 fully saturated rings. The number of fused-ring (bicyclic) bond motifs is 9. The molecule has 0 amide bonds. The van der Waals surface area contributed by atoms with E-state index in [0.29, 0.717) is 12.1 Å².